The van der Waals surface area contributed by atoms with E-state index in [0.29, 0.717) is 35.9 Å². The number of carbonyl (C=O) groups excluding carboxylic acids is 1. The molecule has 3 unspecified atom stereocenters. The smallest absolute Gasteiger partial charge is 0.307 e. The van der Waals surface area contributed by atoms with E-state index >= 15 is 0 Å². The van der Waals surface area contributed by atoms with Gasteiger partial charge in [-0.25, -0.2) is 0 Å². The van der Waals surface area contributed by atoms with Crippen LogP contribution in [0.25, 0.3) is 0 Å². The van der Waals surface area contributed by atoms with Crippen LogP contribution in [0.1, 0.15) is 19.8 Å². The van der Waals surface area contributed by atoms with Gasteiger partial charge in [-0.3, -0.25) is 9.59 Å². The first-order valence-electron chi connectivity index (χ1n) is 7.41. The fourth-order valence-electron chi connectivity index (χ4n) is 2.52. The molecule has 1 aliphatic rings. The number of carboxylic acids is 1. The van der Waals surface area contributed by atoms with Crippen molar-refractivity contribution in [2.75, 3.05) is 19.0 Å². The van der Waals surface area contributed by atoms with Crippen LogP contribution in [0, 0.1) is 11.8 Å². The molecule has 1 amide bonds. The van der Waals surface area contributed by atoms with Crippen molar-refractivity contribution in [3.8, 4) is 5.75 Å². The molecule has 0 radical (unpaired) electrons. The highest BCUT2D eigenvalue weighted by molar-refractivity contribution is 6.31. The molecular formula is C16H20ClNO5. The van der Waals surface area contributed by atoms with E-state index in [2.05, 4.69) is 5.32 Å². The lowest BCUT2D eigenvalue weighted by molar-refractivity contribution is -0.151. The van der Waals surface area contributed by atoms with Gasteiger partial charge in [-0.1, -0.05) is 11.6 Å². The molecule has 2 N–H and O–H groups in total. The summed E-state index contributed by atoms with van der Waals surface area (Å²) in [4.78, 5) is 23.3. The molecule has 1 aliphatic carbocycles. The number of hydrogen-bond acceptors (Lipinski definition) is 4. The molecule has 1 saturated carbocycles. The number of nitrogens with one attached hydrogen (secondary N) is 1. The fourth-order valence-corrected chi connectivity index (χ4v) is 2.70. The van der Waals surface area contributed by atoms with Gasteiger partial charge in [0.2, 0.25) is 5.91 Å². The number of halogens is 1. The van der Waals surface area contributed by atoms with Gasteiger partial charge in [0, 0.05) is 12.1 Å². The van der Waals surface area contributed by atoms with Crippen LogP contribution in [0.5, 0.6) is 5.75 Å². The third kappa shape index (κ3) is 4.36. The van der Waals surface area contributed by atoms with Crippen molar-refractivity contribution in [1.82, 2.24) is 0 Å². The van der Waals surface area contributed by atoms with Crippen LogP contribution in [0.3, 0.4) is 0 Å². The number of methoxy groups -OCH3 is 1. The highest BCUT2D eigenvalue weighted by Crippen LogP contribution is 2.37. The third-order valence-electron chi connectivity index (χ3n) is 3.86. The van der Waals surface area contributed by atoms with E-state index in [4.69, 9.17) is 26.2 Å². The molecule has 126 valence electrons. The number of ether oxygens (including phenoxy) is 2. The Morgan fingerprint density at radius 1 is 1.39 bits per heavy atom. The first kappa shape index (κ1) is 17.6. The second kappa shape index (κ2) is 7.66. The summed E-state index contributed by atoms with van der Waals surface area (Å²) in [5.41, 5.74) is 0.432. The minimum atomic E-state index is -0.937. The molecular weight excluding hydrogens is 322 g/mol. The monoisotopic (exact) mass is 341 g/mol. The van der Waals surface area contributed by atoms with Crippen LogP contribution in [0.4, 0.5) is 5.69 Å². The van der Waals surface area contributed by atoms with Crippen molar-refractivity contribution in [3.63, 3.8) is 0 Å². The van der Waals surface area contributed by atoms with Gasteiger partial charge in [-0.15, -0.1) is 0 Å². The molecule has 6 nitrogen and oxygen atoms in total. The molecule has 1 fully saturated rings. The Balaban J connectivity index is 2.10. The zero-order chi connectivity index (χ0) is 17.0. The van der Waals surface area contributed by atoms with E-state index in [1.165, 1.54) is 0 Å². The van der Waals surface area contributed by atoms with Gasteiger partial charge in [0.25, 0.3) is 0 Å². The second-order valence-electron chi connectivity index (χ2n) is 5.64. The summed E-state index contributed by atoms with van der Waals surface area (Å²) in [6, 6.07) is 4.91. The van der Waals surface area contributed by atoms with E-state index in [1.54, 1.807) is 25.3 Å². The number of rotatable bonds is 7. The molecule has 1 aromatic rings. The largest absolute Gasteiger partial charge is 0.486 e. The van der Waals surface area contributed by atoms with Crippen LogP contribution in [-0.4, -0.2) is 36.8 Å². The SMILES string of the molecule is COCC(C)Oc1ccc(Cl)cc1NC(=O)C1CCC1C(=O)O. The first-order chi connectivity index (χ1) is 10.9. The zero-order valence-corrected chi connectivity index (χ0v) is 13.8. The lowest BCUT2D eigenvalue weighted by Gasteiger charge is -2.32. The van der Waals surface area contributed by atoms with Gasteiger partial charge in [-0.2, -0.15) is 0 Å². The number of anilines is 1. The Kier molecular flexibility index (Phi) is 5.85. The molecule has 0 saturated heterocycles. The fraction of sp³-hybridized carbons (Fsp3) is 0.500. The Labute approximate surface area is 139 Å². The average molecular weight is 342 g/mol. The summed E-state index contributed by atoms with van der Waals surface area (Å²) in [5, 5.41) is 12.2. The van der Waals surface area contributed by atoms with E-state index in [0.717, 1.165) is 0 Å². The topological polar surface area (TPSA) is 84.9 Å². The van der Waals surface area contributed by atoms with E-state index in [1.807, 2.05) is 6.92 Å². The van der Waals surface area contributed by atoms with Gasteiger partial charge in [-0.05, 0) is 38.0 Å². The second-order valence-corrected chi connectivity index (χ2v) is 6.08. The lowest BCUT2D eigenvalue weighted by Crippen LogP contribution is -2.41. The highest BCUT2D eigenvalue weighted by Gasteiger charge is 2.41. The van der Waals surface area contributed by atoms with Crippen molar-refractivity contribution < 1.29 is 24.2 Å². The maximum atomic E-state index is 12.3. The van der Waals surface area contributed by atoms with Crippen molar-refractivity contribution in [2.24, 2.45) is 11.8 Å². The van der Waals surface area contributed by atoms with Gasteiger partial charge < -0.3 is 19.9 Å². The zero-order valence-electron chi connectivity index (χ0n) is 13.0. The Hall–Kier alpha value is -1.79. The van der Waals surface area contributed by atoms with Crippen LogP contribution >= 0.6 is 11.6 Å². The molecule has 23 heavy (non-hydrogen) atoms. The number of amides is 1. The van der Waals surface area contributed by atoms with Crippen molar-refractivity contribution in [2.45, 2.75) is 25.9 Å². The number of aliphatic carboxylic acids is 1. The number of benzene rings is 1. The quantitative estimate of drug-likeness (QED) is 0.796. The predicted molar refractivity (Wildman–Crippen MR) is 85.9 cm³/mol. The number of hydrogen-bond donors (Lipinski definition) is 2. The van der Waals surface area contributed by atoms with Crippen LogP contribution in [-0.2, 0) is 14.3 Å². The summed E-state index contributed by atoms with van der Waals surface area (Å²) >= 11 is 5.98. The minimum absolute atomic E-state index is 0.202. The molecule has 3 atom stereocenters. The molecule has 1 aromatic carbocycles. The lowest BCUT2D eigenvalue weighted by atomic mass is 9.73. The van der Waals surface area contributed by atoms with Crippen LogP contribution in [0.15, 0.2) is 18.2 Å². The minimum Gasteiger partial charge on any atom is -0.486 e. The van der Waals surface area contributed by atoms with Gasteiger partial charge in [0.05, 0.1) is 24.1 Å². The van der Waals surface area contributed by atoms with Crippen LogP contribution < -0.4 is 10.1 Å². The molecule has 7 heteroatoms. The predicted octanol–water partition coefficient (Wildman–Crippen LogP) is 2.80. The van der Waals surface area contributed by atoms with Gasteiger partial charge in [0.1, 0.15) is 11.9 Å². The standard InChI is InChI=1S/C16H20ClNO5/c1-9(8-22-2)23-14-6-3-10(17)7-13(14)18-15(19)11-4-5-12(11)16(20)21/h3,6-7,9,11-12H,4-5,8H2,1-2H3,(H,18,19)(H,20,21). The van der Waals surface area contributed by atoms with Crippen molar-refractivity contribution in [1.29, 1.82) is 0 Å². The first-order valence-corrected chi connectivity index (χ1v) is 7.79. The molecule has 2 rings (SSSR count). The Morgan fingerprint density at radius 2 is 2.09 bits per heavy atom. The summed E-state index contributed by atoms with van der Waals surface area (Å²) < 4.78 is 10.8. The van der Waals surface area contributed by atoms with Crippen molar-refractivity contribution >= 4 is 29.2 Å². The summed E-state index contributed by atoms with van der Waals surface area (Å²) in [5.74, 6) is -1.93. The van der Waals surface area contributed by atoms with Crippen LogP contribution in [0.2, 0.25) is 5.02 Å². The van der Waals surface area contributed by atoms with E-state index < -0.39 is 17.8 Å². The maximum Gasteiger partial charge on any atom is 0.307 e. The van der Waals surface area contributed by atoms with E-state index in [-0.39, 0.29) is 12.0 Å². The van der Waals surface area contributed by atoms with Gasteiger partial charge >= 0.3 is 5.97 Å². The maximum absolute atomic E-state index is 12.3. The summed E-state index contributed by atoms with van der Waals surface area (Å²) in [6.07, 6.45) is 0.893. The number of carbonyl (C=O) groups is 2. The Bertz CT molecular complexity index is 592. The van der Waals surface area contributed by atoms with Gasteiger partial charge in [0.15, 0.2) is 0 Å². The summed E-state index contributed by atoms with van der Waals surface area (Å²) in [6.45, 7) is 2.25. The molecule has 0 aliphatic heterocycles. The molecule has 0 heterocycles. The number of carboxylic acid groups (broad SMARTS) is 1. The summed E-state index contributed by atoms with van der Waals surface area (Å²) in [7, 11) is 1.58. The molecule has 0 bridgehead atoms. The Morgan fingerprint density at radius 3 is 2.65 bits per heavy atom. The average Bonchev–Trinajstić information content (AvgIpc) is 2.40. The van der Waals surface area contributed by atoms with E-state index in [9.17, 15) is 9.59 Å². The molecule has 0 spiro atoms. The van der Waals surface area contributed by atoms with Crippen molar-refractivity contribution in [3.05, 3.63) is 23.2 Å². The third-order valence-corrected chi connectivity index (χ3v) is 4.09. The molecule has 0 aromatic heterocycles. The highest BCUT2D eigenvalue weighted by atomic mass is 35.5. The normalized spacial score (nSPS) is 21.2.